The fourth-order valence-corrected chi connectivity index (χ4v) is 2.00. The van der Waals surface area contributed by atoms with Crippen LogP contribution < -0.4 is 0 Å². The highest BCUT2D eigenvalue weighted by molar-refractivity contribution is 6.67. The molecule has 4 heteroatoms. The van der Waals surface area contributed by atoms with Gasteiger partial charge < -0.3 is 0 Å². The van der Waals surface area contributed by atoms with E-state index in [0.29, 0.717) is 0 Å². The molecule has 0 spiro atoms. The van der Waals surface area contributed by atoms with E-state index in [9.17, 15) is 0 Å². The first-order chi connectivity index (χ1) is 6.43. The Morgan fingerprint density at radius 3 is 2.00 bits per heavy atom. The van der Waals surface area contributed by atoms with E-state index in [4.69, 9.17) is 46.4 Å². The largest absolute Gasteiger partial charge is 0.194 e. The van der Waals surface area contributed by atoms with E-state index in [1.54, 1.807) is 0 Å². The van der Waals surface area contributed by atoms with Crippen molar-refractivity contribution in [2.45, 2.75) is 16.1 Å². The highest BCUT2D eigenvalue weighted by Gasteiger charge is 2.34. The van der Waals surface area contributed by atoms with Gasteiger partial charge in [0.1, 0.15) is 0 Å². The summed E-state index contributed by atoms with van der Waals surface area (Å²) in [5.41, 5.74) is 0.966. The highest BCUT2D eigenvalue weighted by Crippen LogP contribution is 2.44. The summed E-state index contributed by atoms with van der Waals surface area (Å²) in [6, 6.07) is 9.59. The van der Waals surface area contributed by atoms with Crippen molar-refractivity contribution in [3.63, 3.8) is 0 Å². The Hall–Kier alpha value is 0.380. The summed E-state index contributed by atoms with van der Waals surface area (Å²) < 4.78 is -1.33. The van der Waals surface area contributed by atoms with Crippen LogP contribution in [0.2, 0.25) is 0 Å². The first-order valence-electron chi connectivity index (χ1n) is 4.18. The van der Waals surface area contributed by atoms with Gasteiger partial charge in [-0.05, 0) is 5.56 Å². The van der Waals surface area contributed by atoms with E-state index in [1.165, 1.54) is 0 Å². The van der Waals surface area contributed by atoms with Crippen LogP contribution in [0.15, 0.2) is 30.3 Å². The SMILES string of the molecule is CC(C(Cl)c1ccccc1)C(Cl)(Cl)Cl. The molecule has 0 aliphatic heterocycles. The molecule has 0 aliphatic rings. The molecule has 0 bridgehead atoms. The standard InChI is InChI=1S/C10H10Cl4/c1-7(10(12,13)14)9(11)8-5-3-2-4-6-8/h2-7,9H,1H3. The molecule has 0 saturated carbocycles. The molecule has 1 rings (SSSR count). The fraction of sp³-hybridized carbons (Fsp3) is 0.400. The van der Waals surface area contributed by atoms with Crippen molar-refractivity contribution in [2.24, 2.45) is 5.92 Å². The van der Waals surface area contributed by atoms with Crippen molar-refractivity contribution in [3.8, 4) is 0 Å². The lowest BCUT2D eigenvalue weighted by atomic mass is 10.0. The molecule has 78 valence electrons. The minimum atomic E-state index is -1.33. The molecule has 0 aliphatic carbocycles. The minimum Gasteiger partial charge on any atom is -0.117 e. The van der Waals surface area contributed by atoms with Crippen LogP contribution in [-0.4, -0.2) is 3.79 Å². The van der Waals surface area contributed by atoms with Crippen molar-refractivity contribution in [1.29, 1.82) is 0 Å². The molecule has 0 aromatic heterocycles. The van der Waals surface area contributed by atoms with Gasteiger partial charge in [-0.15, -0.1) is 11.6 Å². The zero-order valence-corrected chi connectivity index (χ0v) is 10.6. The van der Waals surface area contributed by atoms with Gasteiger partial charge in [-0.2, -0.15) is 0 Å². The number of rotatable bonds is 2. The van der Waals surface area contributed by atoms with Gasteiger partial charge in [0.25, 0.3) is 0 Å². The molecule has 0 nitrogen and oxygen atoms in total. The van der Waals surface area contributed by atoms with E-state index in [-0.39, 0.29) is 11.3 Å². The normalized spacial score (nSPS) is 16.4. The molecule has 1 aromatic carbocycles. The Labute approximate surface area is 104 Å². The van der Waals surface area contributed by atoms with Crippen molar-refractivity contribution < 1.29 is 0 Å². The summed E-state index contributed by atoms with van der Waals surface area (Å²) >= 11 is 23.5. The second-order valence-corrected chi connectivity index (χ2v) is 5.98. The van der Waals surface area contributed by atoms with Crippen LogP contribution in [0.1, 0.15) is 17.9 Å². The average molecular weight is 272 g/mol. The second kappa shape index (κ2) is 4.94. The summed E-state index contributed by atoms with van der Waals surface area (Å²) in [6.45, 7) is 1.82. The third-order valence-electron chi connectivity index (χ3n) is 2.07. The topological polar surface area (TPSA) is 0 Å². The van der Waals surface area contributed by atoms with E-state index < -0.39 is 3.79 Å². The maximum atomic E-state index is 6.19. The van der Waals surface area contributed by atoms with Gasteiger partial charge in [0.15, 0.2) is 3.79 Å². The Kier molecular flexibility index (Phi) is 4.39. The number of halogens is 4. The van der Waals surface area contributed by atoms with Gasteiger partial charge in [0.05, 0.1) is 5.38 Å². The summed E-state index contributed by atoms with van der Waals surface area (Å²) in [5.74, 6) is -0.239. The monoisotopic (exact) mass is 270 g/mol. The van der Waals surface area contributed by atoms with Crippen LogP contribution in [0.5, 0.6) is 0 Å². The average Bonchev–Trinajstić information content (AvgIpc) is 2.15. The molecule has 2 unspecified atom stereocenters. The van der Waals surface area contributed by atoms with Crippen LogP contribution >= 0.6 is 46.4 Å². The Morgan fingerprint density at radius 2 is 1.57 bits per heavy atom. The van der Waals surface area contributed by atoms with Gasteiger partial charge in [0.2, 0.25) is 0 Å². The fourth-order valence-electron chi connectivity index (χ4n) is 1.09. The molecule has 0 N–H and O–H groups in total. The lowest BCUT2D eigenvalue weighted by Crippen LogP contribution is -2.20. The van der Waals surface area contributed by atoms with Crippen LogP contribution in [-0.2, 0) is 0 Å². The summed E-state index contributed by atoms with van der Waals surface area (Å²) in [7, 11) is 0. The van der Waals surface area contributed by atoms with Crippen LogP contribution in [0, 0.1) is 5.92 Å². The van der Waals surface area contributed by atoms with Gasteiger partial charge in [-0.3, -0.25) is 0 Å². The quantitative estimate of drug-likeness (QED) is 0.666. The third kappa shape index (κ3) is 3.20. The lowest BCUT2D eigenvalue weighted by molar-refractivity contribution is 0.574. The molecule has 2 atom stereocenters. The predicted octanol–water partition coefficient (Wildman–Crippen LogP) is 4.97. The summed E-state index contributed by atoms with van der Waals surface area (Å²) in [4.78, 5) is 0. The first-order valence-corrected chi connectivity index (χ1v) is 5.75. The van der Waals surface area contributed by atoms with Gasteiger partial charge in [0, 0.05) is 5.92 Å². The smallest absolute Gasteiger partial charge is 0.117 e. The maximum Gasteiger partial charge on any atom is 0.194 e. The number of benzene rings is 1. The van der Waals surface area contributed by atoms with E-state index in [2.05, 4.69) is 0 Å². The molecule has 14 heavy (non-hydrogen) atoms. The summed E-state index contributed by atoms with van der Waals surface area (Å²) in [5, 5.41) is -0.288. The molecular formula is C10H10Cl4. The van der Waals surface area contributed by atoms with E-state index in [0.717, 1.165) is 5.56 Å². The van der Waals surface area contributed by atoms with Crippen molar-refractivity contribution in [2.75, 3.05) is 0 Å². The molecule has 0 heterocycles. The molecule has 0 saturated heterocycles. The van der Waals surface area contributed by atoms with Crippen LogP contribution in [0.25, 0.3) is 0 Å². The number of alkyl halides is 4. The predicted molar refractivity (Wildman–Crippen MR) is 64.5 cm³/mol. The Balaban J connectivity index is 2.81. The molecular weight excluding hydrogens is 262 g/mol. The van der Waals surface area contributed by atoms with Crippen LogP contribution in [0.3, 0.4) is 0 Å². The minimum absolute atomic E-state index is 0.239. The number of hydrogen-bond donors (Lipinski definition) is 0. The second-order valence-electron chi connectivity index (χ2n) is 3.14. The van der Waals surface area contributed by atoms with Crippen molar-refractivity contribution >= 4 is 46.4 Å². The Bertz CT molecular complexity index is 278. The van der Waals surface area contributed by atoms with Crippen molar-refractivity contribution in [3.05, 3.63) is 35.9 Å². The molecule has 0 fully saturated rings. The third-order valence-corrected chi connectivity index (χ3v) is 3.74. The van der Waals surface area contributed by atoms with Gasteiger partial charge >= 0.3 is 0 Å². The van der Waals surface area contributed by atoms with Gasteiger partial charge in [-0.1, -0.05) is 72.1 Å². The summed E-state index contributed by atoms with van der Waals surface area (Å²) in [6.07, 6.45) is 0. The number of hydrogen-bond acceptors (Lipinski definition) is 0. The first kappa shape index (κ1) is 12.4. The lowest BCUT2D eigenvalue weighted by Gasteiger charge is -2.24. The van der Waals surface area contributed by atoms with E-state index >= 15 is 0 Å². The molecule has 1 aromatic rings. The van der Waals surface area contributed by atoms with E-state index in [1.807, 2.05) is 37.3 Å². The Morgan fingerprint density at radius 1 is 1.07 bits per heavy atom. The molecule has 0 radical (unpaired) electrons. The highest BCUT2D eigenvalue weighted by atomic mass is 35.6. The zero-order valence-electron chi connectivity index (χ0n) is 7.55. The zero-order chi connectivity index (χ0) is 10.8. The molecule has 0 amide bonds. The van der Waals surface area contributed by atoms with Gasteiger partial charge in [-0.25, -0.2) is 0 Å². The maximum absolute atomic E-state index is 6.19. The van der Waals surface area contributed by atoms with Crippen LogP contribution in [0.4, 0.5) is 0 Å². The van der Waals surface area contributed by atoms with Crippen molar-refractivity contribution in [1.82, 2.24) is 0 Å².